The first kappa shape index (κ1) is 17.1. The third kappa shape index (κ3) is 5.98. The Hall–Kier alpha value is -0.980. The lowest BCUT2D eigenvalue weighted by molar-refractivity contribution is -0.143. The number of likely N-dealkylation sites (tertiary alicyclic amines) is 1. The second kappa shape index (κ2) is 7.15. The third-order valence-corrected chi connectivity index (χ3v) is 3.60. The zero-order valence-electron chi connectivity index (χ0n) is 12.6. The van der Waals surface area contributed by atoms with Gasteiger partial charge in [-0.1, -0.05) is 13.8 Å². The highest BCUT2D eigenvalue weighted by Crippen LogP contribution is 2.19. The lowest BCUT2D eigenvalue weighted by Crippen LogP contribution is -2.49. The molecule has 1 aliphatic heterocycles. The van der Waals surface area contributed by atoms with Crippen molar-refractivity contribution in [2.75, 3.05) is 26.7 Å². The van der Waals surface area contributed by atoms with E-state index in [0.29, 0.717) is 31.4 Å². The van der Waals surface area contributed by atoms with E-state index in [9.17, 15) is 13.2 Å². The SMILES string of the molecule is CN=C(NC1CCN(CC(F)(F)F)C1)NC(C)C(C)C. The molecule has 2 unspecified atom stereocenters. The summed E-state index contributed by atoms with van der Waals surface area (Å²) < 4.78 is 37.0. The van der Waals surface area contributed by atoms with Crippen LogP contribution in [0, 0.1) is 5.92 Å². The summed E-state index contributed by atoms with van der Waals surface area (Å²) >= 11 is 0. The minimum Gasteiger partial charge on any atom is -0.354 e. The monoisotopic (exact) mass is 294 g/mol. The molecule has 0 amide bonds. The maximum atomic E-state index is 12.3. The van der Waals surface area contributed by atoms with E-state index in [4.69, 9.17) is 0 Å². The summed E-state index contributed by atoms with van der Waals surface area (Å²) in [5.41, 5.74) is 0. The summed E-state index contributed by atoms with van der Waals surface area (Å²) in [5.74, 6) is 1.11. The molecule has 7 heteroatoms. The highest BCUT2D eigenvalue weighted by molar-refractivity contribution is 5.80. The quantitative estimate of drug-likeness (QED) is 0.614. The third-order valence-electron chi connectivity index (χ3n) is 3.60. The summed E-state index contributed by atoms with van der Waals surface area (Å²) in [5, 5.41) is 6.45. The van der Waals surface area contributed by atoms with E-state index in [1.165, 1.54) is 4.90 Å². The summed E-state index contributed by atoms with van der Waals surface area (Å²) in [7, 11) is 1.67. The number of guanidine groups is 1. The number of hydrogen-bond donors (Lipinski definition) is 2. The second-order valence-electron chi connectivity index (χ2n) is 5.73. The Labute approximate surface area is 118 Å². The van der Waals surface area contributed by atoms with Crippen LogP contribution in [0.1, 0.15) is 27.2 Å². The molecule has 0 aromatic carbocycles. The first-order chi connectivity index (χ1) is 9.21. The molecule has 2 N–H and O–H groups in total. The van der Waals surface area contributed by atoms with Crippen LogP contribution in [-0.2, 0) is 0 Å². The van der Waals surface area contributed by atoms with Crippen LogP contribution in [-0.4, -0.2) is 55.8 Å². The number of halogens is 3. The number of rotatable bonds is 4. The lowest BCUT2D eigenvalue weighted by atomic mass is 10.1. The highest BCUT2D eigenvalue weighted by Gasteiger charge is 2.34. The molecule has 1 heterocycles. The first-order valence-corrected chi connectivity index (χ1v) is 7.00. The molecular formula is C13H25F3N4. The minimum absolute atomic E-state index is 0.0166. The van der Waals surface area contributed by atoms with Gasteiger partial charge < -0.3 is 10.6 Å². The van der Waals surface area contributed by atoms with E-state index >= 15 is 0 Å². The van der Waals surface area contributed by atoms with Gasteiger partial charge in [-0.2, -0.15) is 13.2 Å². The van der Waals surface area contributed by atoms with Crippen LogP contribution in [0.4, 0.5) is 13.2 Å². The molecule has 0 spiro atoms. The molecule has 0 bridgehead atoms. The van der Waals surface area contributed by atoms with E-state index < -0.39 is 12.7 Å². The molecule has 0 aromatic rings. The van der Waals surface area contributed by atoms with Crippen molar-refractivity contribution in [3.05, 3.63) is 0 Å². The zero-order valence-corrected chi connectivity index (χ0v) is 12.6. The fourth-order valence-electron chi connectivity index (χ4n) is 2.09. The van der Waals surface area contributed by atoms with E-state index in [1.54, 1.807) is 7.05 Å². The molecular weight excluding hydrogens is 269 g/mol. The molecule has 0 aliphatic carbocycles. The van der Waals surface area contributed by atoms with Gasteiger partial charge in [-0.25, -0.2) is 0 Å². The van der Waals surface area contributed by atoms with Crippen LogP contribution in [0.3, 0.4) is 0 Å². The molecule has 0 aromatic heterocycles. The normalized spacial score (nSPS) is 23.2. The fraction of sp³-hybridized carbons (Fsp3) is 0.923. The topological polar surface area (TPSA) is 39.7 Å². The highest BCUT2D eigenvalue weighted by atomic mass is 19.4. The molecule has 1 rings (SSSR count). The number of alkyl halides is 3. The van der Waals surface area contributed by atoms with Gasteiger partial charge in [0.25, 0.3) is 0 Å². The second-order valence-corrected chi connectivity index (χ2v) is 5.73. The van der Waals surface area contributed by atoms with Crippen molar-refractivity contribution in [2.24, 2.45) is 10.9 Å². The van der Waals surface area contributed by atoms with Gasteiger partial charge in [-0.15, -0.1) is 0 Å². The van der Waals surface area contributed by atoms with Gasteiger partial charge >= 0.3 is 6.18 Å². The maximum Gasteiger partial charge on any atom is 0.401 e. The first-order valence-electron chi connectivity index (χ1n) is 7.00. The van der Waals surface area contributed by atoms with Crippen molar-refractivity contribution in [2.45, 2.75) is 45.5 Å². The van der Waals surface area contributed by atoms with E-state index in [1.807, 2.05) is 0 Å². The van der Waals surface area contributed by atoms with E-state index in [-0.39, 0.29) is 12.1 Å². The molecule has 118 valence electrons. The van der Waals surface area contributed by atoms with Gasteiger partial charge in [0, 0.05) is 32.2 Å². The van der Waals surface area contributed by atoms with Gasteiger partial charge in [0.2, 0.25) is 0 Å². The molecule has 0 saturated carbocycles. The average molecular weight is 294 g/mol. The Kier molecular flexibility index (Phi) is 6.10. The molecule has 1 fully saturated rings. The molecule has 1 saturated heterocycles. The molecule has 4 nitrogen and oxygen atoms in total. The van der Waals surface area contributed by atoms with Crippen LogP contribution in [0.15, 0.2) is 4.99 Å². The number of nitrogens with one attached hydrogen (secondary N) is 2. The van der Waals surface area contributed by atoms with Gasteiger partial charge in [-0.3, -0.25) is 9.89 Å². The predicted octanol–water partition coefficient (Wildman–Crippen LogP) is 1.83. The van der Waals surface area contributed by atoms with Crippen LogP contribution < -0.4 is 10.6 Å². The van der Waals surface area contributed by atoms with Crippen LogP contribution >= 0.6 is 0 Å². The standard InChI is InChI=1S/C13H25F3N4/c1-9(2)10(3)18-12(17-4)19-11-5-6-20(7-11)8-13(14,15)16/h9-11H,5-8H2,1-4H3,(H2,17,18,19). The molecule has 1 aliphatic rings. The van der Waals surface area contributed by atoms with Crippen LogP contribution in [0.5, 0.6) is 0 Å². The molecule has 2 atom stereocenters. The lowest BCUT2D eigenvalue weighted by Gasteiger charge is -2.23. The van der Waals surface area contributed by atoms with Crippen molar-refractivity contribution < 1.29 is 13.2 Å². The Balaban J connectivity index is 2.41. The number of aliphatic imine (C=N–C) groups is 1. The Bertz CT molecular complexity index is 328. The number of nitrogens with zero attached hydrogens (tertiary/aromatic N) is 2. The van der Waals surface area contributed by atoms with Crippen molar-refractivity contribution in [1.29, 1.82) is 0 Å². The van der Waals surface area contributed by atoms with Gasteiger partial charge in [0.1, 0.15) is 0 Å². The van der Waals surface area contributed by atoms with Crippen LogP contribution in [0.2, 0.25) is 0 Å². The molecule has 0 radical (unpaired) electrons. The largest absolute Gasteiger partial charge is 0.401 e. The summed E-state index contributed by atoms with van der Waals surface area (Å²) in [6.07, 6.45) is -3.42. The maximum absolute atomic E-state index is 12.3. The smallest absolute Gasteiger partial charge is 0.354 e. The Morgan fingerprint density at radius 3 is 2.50 bits per heavy atom. The predicted molar refractivity (Wildman–Crippen MR) is 74.8 cm³/mol. The Morgan fingerprint density at radius 1 is 1.35 bits per heavy atom. The van der Waals surface area contributed by atoms with Crippen molar-refractivity contribution >= 4 is 5.96 Å². The van der Waals surface area contributed by atoms with Gasteiger partial charge in [-0.05, 0) is 19.3 Å². The van der Waals surface area contributed by atoms with E-state index in [0.717, 1.165) is 0 Å². The molecule has 20 heavy (non-hydrogen) atoms. The van der Waals surface area contributed by atoms with Crippen LogP contribution in [0.25, 0.3) is 0 Å². The Morgan fingerprint density at radius 2 is 2.00 bits per heavy atom. The summed E-state index contributed by atoms with van der Waals surface area (Å²) in [6, 6.07) is 0.275. The number of hydrogen-bond acceptors (Lipinski definition) is 2. The van der Waals surface area contributed by atoms with Gasteiger partial charge in [0.05, 0.1) is 6.54 Å². The van der Waals surface area contributed by atoms with Gasteiger partial charge in [0.15, 0.2) is 5.96 Å². The van der Waals surface area contributed by atoms with Crippen molar-refractivity contribution in [3.8, 4) is 0 Å². The minimum atomic E-state index is -4.12. The zero-order chi connectivity index (χ0) is 15.3. The van der Waals surface area contributed by atoms with Crippen molar-refractivity contribution in [1.82, 2.24) is 15.5 Å². The summed E-state index contributed by atoms with van der Waals surface area (Å²) in [6.45, 7) is 6.29. The average Bonchev–Trinajstić information content (AvgIpc) is 2.72. The van der Waals surface area contributed by atoms with E-state index in [2.05, 4.69) is 36.4 Å². The van der Waals surface area contributed by atoms with Crippen molar-refractivity contribution in [3.63, 3.8) is 0 Å². The summed E-state index contributed by atoms with van der Waals surface area (Å²) in [4.78, 5) is 5.55. The fourth-order valence-corrected chi connectivity index (χ4v) is 2.09.